The molecule has 1 aliphatic heterocycles. The molecule has 4 nitrogen and oxygen atoms in total. The van der Waals surface area contributed by atoms with Gasteiger partial charge in [0.2, 0.25) is 0 Å². The molecule has 3 aromatic carbocycles. The molecule has 1 amide bonds. The van der Waals surface area contributed by atoms with Crippen LogP contribution < -0.4 is 4.90 Å². The molecule has 0 saturated carbocycles. The smallest absolute Gasteiger partial charge is 0.331 e. The number of nitrogens with zero attached hydrogens (tertiary/aromatic N) is 1. The first-order chi connectivity index (χ1) is 14.1. The van der Waals surface area contributed by atoms with E-state index in [1.54, 1.807) is 28.8 Å². The first-order valence-electron chi connectivity index (χ1n) is 8.91. The minimum Gasteiger partial charge on any atom is -0.452 e. The third-order valence-corrected chi connectivity index (χ3v) is 5.43. The minimum atomic E-state index is -0.643. The zero-order valence-electron chi connectivity index (χ0n) is 15.2. The molecule has 0 saturated heterocycles. The van der Waals surface area contributed by atoms with E-state index in [1.807, 2.05) is 48.5 Å². The van der Waals surface area contributed by atoms with Crippen LogP contribution in [-0.2, 0) is 14.3 Å². The minimum absolute atomic E-state index is 0.339. The molecular formula is C23H16FNO3S. The molecule has 0 atom stereocenters. The third kappa shape index (κ3) is 4.22. The molecule has 0 aromatic heterocycles. The van der Waals surface area contributed by atoms with Crippen molar-refractivity contribution in [2.75, 3.05) is 11.5 Å². The lowest BCUT2D eigenvalue weighted by Crippen LogP contribution is -2.32. The van der Waals surface area contributed by atoms with Crippen LogP contribution >= 0.6 is 11.8 Å². The van der Waals surface area contributed by atoms with Crippen LogP contribution in [-0.4, -0.2) is 18.5 Å². The van der Waals surface area contributed by atoms with Crippen LogP contribution in [0.3, 0.4) is 0 Å². The maximum Gasteiger partial charge on any atom is 0.331 e. The molecule has 6 heteroatoms. The molecule has 0 aliphatic carbocycles. The monoisotopic (exact) mass is 405 g/mol. The van der Waals surface area contributed by atoms with E-state index in [0.717, 1.165) is 21.2 Å². The highest BCUT2D eigenvalue weighted by atomic mass is 32.2. The van der Waals surface area contributed by atoms with Gasteiger partial charge in [0.05, 0.1) is 11.4 Å². The van der Waals surface area contributed by atoms with Crippen molar-refractivity contribution < 1.29 is 18.7 Å². The zero-order valence-corrected chi connectivity index (χ0v) is 16.1. The highest BCUT2D eigenvalue weighted by Crippen LogP contribution is 2.47. The summed E-state index contributed by atoms with van der Waals surface area (Å²) in [5.41, 5.74) is 2.18. The Morgan fingerprint density at radius 3 is 2.10 bits per heavy atom. The van der Waals surface area contributed by atoms with Gasteiger partial charge < -0.3 is 4.74 Å². The SMILES string of the molecule is O=C(/C=C/c1ccc(F)cc1)OCC(=O)N1c2ccccc2Sc2ccccc21. The van der Waals surface area contributed by atoms with E-state index in [9.17, 15) is 14.0 Å². The maximum absolute atomic E-state index is 12.9. The van der Waals surface area contributed by atoms with Crippen LogP contribution in [0.15, 0.2) is 88.7 Å². The van der Waals surface area contributed by atoms with Gasteiger partial charge in [-0.25, -0.2) is 9.18 Å². The van der Waals surface area contributed by atoms with E-state index in [2.05, 4.69) is 0 Å². The molecule has 29 heavy (non-hydrogen) atoms. The molecule has 0 spiro atoms. The van der Waals surface area contributed by atoms with Crippen LogP contribution in [0.25, 0.3) is 6.08 Å². The predicted octanol–water partition coefficient (Wildman–Crippen LogP) is 5.21. The fourth-order valence-corrected chi connectivity index (χ4v) is 4.01. The van der Waals surface area contributed by atoms with Gasteiger partial charge in [-0.2, -0.15) is 0 Å². The Kier molecular flexibility index (Phi) is 5.44. The topological polar surface area (TPSA) is 46.6 Å². The second-order valence-corrected chi connectivity index (χ2v) is 7.34. The van der Waals surface area contributed by atoms with Crippen molar-refractivity contribution in [2.24, 2.45) is 0 Å². The van der Waals surface area contributed by atoms with Gasteiger partial charge >= 0.3 is 5.97 Å². The Labute approximate surface area is 171 Å². The van der Waals surface area contributed by atoms with Crippen molar-refractivity contribution in [1.29, 1.82) is 0 Å². The van der Waals surface area contributed by atoms with E-state index in [-0.39, 0.29) is 18.3 Å². The molecular weight excluding hydrogens is 389 g/mol. The van der Waals surface area contributed by atoms with Gasteiger partial charge in [0.25, 0.3) is 5.91 Å². The van der Waals surface area contributed by atoms with Crippen LogP contribution in [0.4, 0.5) is 15.8 Å². The fourth-order valence-electron chi connectivity index (χ4n) is 2.96. The maximum atomic E-state index is 12.9. The van der Waals surface area contributed by atoms with Gasteiger partial charge in [-0.05, 0) is 48.0 Å². The quantitative estimate of drug-likeness (QED) is 0.442. The number of para-hydroxylation sites is 2. The summed E-state index contributed by atoms with van der Waals surface area (Å²) in [4.78, 5) is 28.4. The molecule has 0 N–H and O–H groups in total. The van der Waals surface area contributed by atoms with Crippen molar-refractivity contribution in [3.8, 4) is 0 Å². The number of esters is 1. The molecule has 1 aliphatic rings. The Hall–Kier alpha value is -3.38. The van der Waals surface area contributed by atoms with Gasteiger partial charge in [0, 0.05) is 15.9 Å². The standard InChI is InChI=1S/C23H16FNO3S/c24-17-12-9-16(10-13-17)11-14-23(27)28-15-22(26)25-18-5-1-3-7-20(18)29-21-8-4-2-6-19(21)25/h1-14H,15H2/b14-11+. The van der Waals surface area contributed by atoms with Crippen LogP contribution in [0.5, 0.6) is 0 Å². The highest BCUT2D eigenvalue weighted by Gasteiger charge is 2.28. The summed E-state index contributed by atoms with van der Waals surface area (Å²) in [6.45, 7) is -0.389. The van der Waals surface area contributed by atoms with Crippen molar-refractivity contribution in [1.82, 2.24) is 0 Å². The summed E-state index contributed by atoms with van der Waals surface area (Å²) in [7, 11) is 0. The lowest BCUT2D eigenvalue weighted by atomic mass is 10.2. The second-order valence-electron chi connectivity index (χ2n) is 6.26. The molecule has 0 unspecified atom stereocenters. The number of carbonyl (C=O) groups is 2. The molecule has 144 valence electrons. The predicted molar refractivity (Wildman–Crippen MR) is 111 cm³/mol. The number of hydrogen-bond acceptors (Lipinski definition) is 4. The third-order valence-electron chi connectivity index (χ3n) is 4.30. The molecule has 4 rings (SSSR count). The molecule has 0 radical (unpaired) electrons. The molecule has 0 fully saturated rings. The van der Waals surface area contributed by atoms with Gasteiger partial charge in [-0.15, -0.1) is 0 Å². The summed E-state index contributed by atoms with van der Waals surface area (Å²) in [5, 5.41) is 0. The van der Waals surface area contributed by atoms with Gasteiger partial charge in [-0.1, -0.05) is 48.2 Å². The van der Waals surface area contributed by atoms with Crippen LogP contribution in [0, 0.1) is 5.82 Å². The van der Waals surface area contributed by atoms with E-state index in [1.165, 1.54) is 24.3 Å². The van der Waals surface area contributed by atoms with Gasteiger partial charge in [0.15, 0.2) is 6.61 Å². The summed E-state index contributed by atoms with van der Waals surface area (Å²) < 4.78 is 18.1. The number of hydrogen-bond donors (Lipinski definition) is 0. The highest BCUT2D eigenvalue weighted by molar-refractivity contribution is 7.99. The van der Waals surface area contributed by atoms with E-state index in [4.69, 9.17) is 4.74 Å². The van der Waals surface area contributed by atoms with Crippen molar-refractivity contribution >= 4 is 41.1 Å². The molecule has 3 aromatic rings. The number of amides is 1. The molecule has 1 heterocycles. The number of ether oxygens (including phenoxy) is 1. The number of carbonyl (C=O) groups excluding carboxylic acids is 2. The lowest BCUT2D eigenvalue weighted by Gasteiger charge is -2.30. The Morgan fingerprint density at radius 2 is 1.48 bits per heavy atom. The lowest BCUT2D eigenvalue weighted by molar-refractivity contribution is -0.142. The summed E-state index contributed by atoms with van der Waals surface area (Å²) in [6, 6.07) is 20.9. The average Bonchev–Trinajstić information content (AvgIpc) is 2.75. The second kappa shape index (κ2) is 8.32. The first kappa shape index (κ1) is 19.0. The van der Waals surface area contributed by atoms with Crippen LogP contribution in [0.2, 0.25) is 0 Å². The normalized spacial score (nSPS) is 12.4. The summed E-state index contributed by atoms with van der Waals surface area (Å²) >= 11 is 1.60. The summed E-state index contributed by atoms with van der Waals surface area (Å²) in [6.07, 6.45) is 2.73. The first-order valence-corrected chi connectivity index (χ1v) is 9.73. The number of halogens is 1. The van der Waals surface area contributed by atoms with Crippen LogP contribution in [0.1, 0.15) is 5.56 Å². The van der Waals surface area contributed by atoms with E-state index in [0.29, 0.717) is 5.56 Å². The Bertz CT molecular complexity index is 1050. The summed E-state index contributed by atoms with van der Waals surface area (Å²) in [5.74, 6) is -1.33. The number of benzene rings is 3. The van der Waals surface area contributed by atoms with E-state index >= 15 is 0 Å². The number of anilines is 2. The molecule has 0 bridgehead atoms. The van der Waals surface area contributed by atoms with Crippen molar-refractivity contribution in [2.45, 2.75) is 9.79 Å². The average molecular weight is 405 g/mol. The Balaban J connectivity index is 1.47. The number of rotatable bonds is 4. The largest absolute Gasteiger partial charge is 0.452 e. The van der Waals surface area contributed by atoms with Crippen molar-refractivity contribution in [3.05, 3.63) is 90.3 Å². The number of fused-ring (bicyclic) bond motifs is 2. The Morgan fingerprint density at radius 1 is 0.897 bits per heavy atom. The van der Waals surface area contributed by atoms with Gasteiger partial charge in [0.1, 0.15) is 5.82 Å². The van der Waals surface area contributed by atoms with E-state index < -0.39 is 5.97 Å². The fraction of sp³-hybridized carbons (Fsp3) is 0.0435. The van der Waals surface area contributed by atoms with Crippen molar-refractivity contribution in [3.63, 3.8) is 0 Å². The van der Waals surface area contributed by atoms with Gasteiger partial charge in [-0.3, -0.25) is 9.69 Å². The zero-order chi connectivity index (χ0) is 20.2.